The van der Waals surface area contributed by atoms with Gasteiger partial charge in [-0.15, -0.1) is 0 Å². The van der Waals surface area contributed by atoms with E-state index in [0.717, 1.165) is 10.1 Å². The molecular weight excluding hydrogens is 512 g/mol. The maximum absolute atomic E-state index is 13.6. The first-order chi connectivity index (χ1) is 19.3. The minimum Gasteiger partial charge on any atom is -0.459 e. The second kappa shape index (κ2) is 11.5. The molecule has 0 aliphatic carbocycles. The van der Waals surface area contributed by atoms with Crippen molar-refractivity contribution < 1.29 is 23.8 Å². The van der Waals surface area contributed by atoms with Crippen molar-refractivity contribution in [3.05, 3.63) is 134 Å². The van der Waals surface area contributed by atoms with Gasteiger partial charge >= 0.3 is 17.6 Å². The molecule has 0 spiro atoms. The first kappa shape index (κ1) is 26.8. The molecule has 3 atom stereocenters. The highest BCUT2D eigenvalue weighted by atomic mass is 16.6. The number of benzene rings is 3. The molecule has 4 aromatic rings. The number of carbonyl (C=O) groups excluding carboxylic acids is 2. The van der Waals surface area contributed by atoms with E-state index in [9.17, 15) is 19.2 Å². The third kappa shape index (κ3) is 5.64. The van der Waals surface area contributed by atoms with Crippen molar-refractivity contribution in [2.24, 2.45) is 0 Å². The molecule has 40 heavy (non-hydrogen) atoms. The van der Waals surface area contributed by atoms with Crippen LogP contribution in [0.25, 0.3) is 5.69 Å². The van der Waals surface area contributed by atoms with E-state index < -0.39 is 41.6 Å². The first-order valence-corrected chi connectivity index (χ1v) is 12.9. The summed E-state index contributed by atoms with van der Waals surface area (Å²) in [6.07, 6.45) is -1.01. The molecule has 3 aromatic carbocycles. The number of aryl methyl sites for hydroxylation is 2. The summed E-state index contributed by atoms with van der Waals surface area (Å²) in [6, 6.07) is 24.0. The second-order valence-corrected chi connectivity index (χ2v) is 9.62. The third-order valence-electron chi connectivity index (χ3n) is 6.72. The molecular formula is C31H28N2O7. The maximum Gasteiger partial charge on any atom is 0.338 e. The van der Waals surface area contributed by atoms with Gasteiger partial charge in [-0.3, -0.25) is 9.36 Å². The summed E-state index contributed by atoms with van der Waals surface area (Å²) >= 11 is 0. The molecule has 1 saturated heterocycles. The van der Waals surface area contributed by atoms with Gasteiger partial charge in [0.1, 0.15) is 25.0 Å². The zero-order valence-corrected chi connectivity index (χ0v) is 22.1. The quantitative estimate of drug-likeness (QED) is 0.327. The fourth-order valence-corrected chi connectivity index (χ4v) is 4.57. The van der Waals surface area contributed by atoms with Crippen molar-refractivity contribution in [3.8, 4) is 5.69 Å². The van der Waals surface area contributed by atoms with E-state index in [1.54, 1.807) is 79.7 Å². The SMILES string of the molecule is Cc1ccc(-n2c(=O)c(C)cn([C@@H]3C[C@H](OC(=O)c4ccccc4)[C@H](COC(=O)c4ccccc4)O3)c2=O)cc1. The molecule has 0 bridgehead atoms. The fourth-order valence-electron chi connectivity index (χ4n) is 4.57. The minimum atomic E-state index is -0.877. The molecule has 0 saturated carbocycles. The van der Waals surface area contributed by atoms with Crippen LogP contribution in [0, 0.1) is 13.8 Å². The van der Waals surface area contributed by atoms with E-state index >= 15 is 0 Å². The van der Waals surface area contributed by atoms with Gasteiger partial charge < -0.3 is 14.2 Å². The highest BCUT2D eigenvalue weighted by molar-refractivity contribution is 5.90. The summed E-state index contributed by atoms with van der Waals surface area (Å²) in [6.45, 7) is 3.32. The molecule has 9 nitrogen and oxygen atoms in total. The standard InChI is InChI=1S/C31H28N2O7/c1-20-13-15-24(16-14-20)33-28(34)21(2)18-32(31(33)37)27-17-25(40-30(36)23-11-7-4-8-12-23)26(39-27)19-38-29(35)22-9-5-3-6-10-22/h3-16,18,25-27H,17,19H2,1-2H3/t25-,26-,27-/m0/s1. The third-order valence-corrected chi connectivity index (χ3v) is 6.72. The zero-order chi connectivity index (χ0) is 28.2. The lowest BCUT2D eigenvalue weighted by molar-refractivity contribution is -0.0584. The monoisotopic (exact) mass is 540 g/mol. The van der Waals surface area contributed by atoms with Crippen LogP contribution < -0.4 is 11.2 Å². The smallest absolute Gasteiger partial charge is 0.338 e. The molecule has 9 heteroatoms. The highest BCUT2D eigenvalue weighted by Crippen LogP contribution is 2.31. The summed E-state index contributed by atoms with van der Waals surface area (Å²) in [5.41, 5.74) is 1.43. The van der Waals surface area contributed by atoms with Crippen molar-refractivity contribution in [3.63, 3.8) is 0 Å². The number of hydrogen-bond donors (Lipinski definition) is 0. The summed E-state index contributed by atoms with van der Waals surface area (Å²) in [7, 11) is 0. The van der Waals surface area contributed by atoms with Gasteiger partial charge in [-0.1, -0.05) is 54.1 Å². The van der Waals surface area contributed by atoms with E-state index in [0.29, 0.717) is 22.4 Å². The van der Waals surface area contributed by atoms with Crippen molar-refractivity contribution in [2.45, 2.75) is 38.7 Å². The molecule has 1 aromatic heterocycles. The Morgan fingerprint density at radius 2 is 1.45 bits per heavy atom. The summed E-state index contributed by atoms with van der Waals surface area (Å²) in [5.74, 6) is -1.12. The van der Waals surface area contributed by atoms with Gasteiger partial charge in [0.25, 0.3) is 5.56 Å². The molecule has 1 fully saturated rings. The largest absolute Gasteiger partial charge is 0.459 e. The molecule has 2 heterocycles. The van der Waals surface area contributed by atoms with Crippen LogP contribution in [0.5, 0.6) is 0 Å². The van der Waals surface area contributed by atoms with Gasteiger partial charge in [0.05, 0.1) is 16.8 Å². The summed E-state index contributed by atoms with van der Waals surface area (Å²) in [5, 5.41) is 0. The number of ether oxygens (including phenoxy) is 3. The van der Waals surface area contributed by atoms with Crippen LogP contribution in [-0.2, 0) is 14.2 Å². The Hall–Kier alpha value is -4.76. The van der Waals surface area contributed by atoms with E-state index in [4.69, 9.17) is 14.2 Å². The van der Waals surface area contributed by atoms with E-state index in [2.05, 4.69) is 0 Å². The van der Waals surface area contributed by atoms with Crippen LogP contribution in [0.1, 0.15) is 44.5 Å². The molecule has 0 N–H and O–H groups in total. The predicted octanol–water partition coefficient (Wildman–Crippen LogP) is 3.99. The number of carbonyl (C=O) groups is 2. The molecule has 5 rings (SSSR count). The van der Waals surface area contributed by atoms with Crippen LogP contribution in [0.3, 0.4) is 0 Å². The van der Waals surface area contributed by atoms with Crippen LogP contribution >= 0.6 is 0 Å². The van der Waals surface area contributed by atoms with Crippen molar-refractivity contribution >= 4 is 11.9 Å². The van der Waals surface area contributed by atoms with Gasteiger partial charge in [-0.05, 0) is 50.2 Å². The maximum atomic E-state index is 13.6. The lowest BCUT2D eigenvalue weighted by atomic mass is 10.1. The van der Waals surface area contributed by atoms with Crippen LogP contribution in [-0.4, -0.2) is 39.9 Å². The average molecular weight is 541 g/mol. The Morgan fingerprint density at radius 3 is 2.08 bits per heavy atom. The lowest BCUT2D eigenvalue weighted by Crippen LogP contribution is -2.41. The van der Waals surface area contributed by atoms with E-state index in [1.165, 1.54) is 10.8 Å². The fraction of sp³-hybridized carbons (Fsp3) is 0.226. The first-order valence-electron chi connectivity index (χ1n) is 12.9. The number of esters is 2. The van der Waals surface area contributed by atoms with E-state index in [1.807, 2.05) is 19.1 Å². The van der Waals surface area contributed by atoms with E-state index in [-0.39, 0.29) is 13.0 Å². The Kier molecular flexibility index (Phi) is 7.75. The van der Waals surface area contributed by atoms with Crippen LogP contribution in [0.15, 0.2) is 101 Å². The van der Waals surface area contributed by atoms with Gasteiger partial charge in [-0.25, -0.2) is 19.0 Å². The molecule has 1 aliphatic rings. The minimum absolute atomic E-state index is 0.109. The number of hydrogen-bond acceptors (Lipinski definition) is 7. The van der Waals surface area contributed by atoms with Crippen molar-refractivity contribution in [1.82, 2.24) is 9.13 Å². The van der Waals surface area contributed by atoms with Gasteiger partial charge in [-0.2, -0.15) is 0 Å². The van der Waals surface area contributed by atoms with Crippen LogP contribution in [0.2, 0.25) is 0 Å². The van der Waals surface area contributed by atoms with Gasteiger partial charge in [0.2, 0.25) is 0 Å². The summed E-state index contributed by atoms with van der Waals surface area (Å²) < 4.78 is 19.8. The molecule has 0 unspecified atom stereocenters. The Bertz CT molecular complexity index is 1630. The zero-order valence-electron chi connectivity index (χ0n) is 22.1. The lowest BCUT2D eigenvalue weighted by Gasteiger charge is -2.19. The van der Waals surface area contributed by atoms with Gasteiger partial charge in [0.15, 0.2) is 0 Å². The number of rotatable bonds is 7. The average Bonchev–Trinajstić information content (AvgIpc) is 3.37. The predicted molar refractivity (Wildman–Crippen MR) is 147 cm³/mol. The number of aromatic nitrogens is 2. The molecule has 0 radical (unpaired) electrons. The number of nitrogens with zero attached hydrogens (tertiary/aromatic N) is 2. The van der Waals surface area contributed by atoms with Crippen molar-refractivity contribution in [2.75, 3.05) is 6.61 Å². The van der Waals surface area contributed by atoms with Crippen molar-refractivity contribution in [1.29, 1.82) is 0 Å². The Morgan fingerprint density at radius 1 is 0.850 bits per heavy atom. The Labute approximate surface area is 230 Å². The van der Waals surface area contributed by atoms with Gasteiger partial charge in [0, 0.05) is 18.2 Å². The molecule has 204 valence electrons. The molecule has 0 amide bonds. The summed E-state index contributed by atoms with van der Waals surface area (Å²) in [4.78, 5) is 52.0. The Balaban J connectivity index is 1.44. The van der Waals surface area contributed by atoms with Crippen LogP contribution in [0.4, 0.5) is 0 Å². The topological polar surface area (TPSA) is 106 Å². The highest BCUT2D eigenvalue weighted by Gasteiger charge is 2.40. The normalized spacial score (nSPS) is 18.3. The molecule has 1 aliphatic heterocycles. The second-order valence-electron chi connectivity index (χ2n) is 9.62.